The van der Waals surface area contributed by atoms with Crippen LogP contribution in [0.2, 0.25) is 0 Å². The van der Waals surface area contributed by atoms with Gasteiger partial charge in [0.05, 0.1) is 12.3 Å². The molecule has 9 nitrogen and oxygen atoms in total. The first-order chi connectivity index (χ1) is 13.0. The van der Waals surface area contributed by atoms with Gasteiger partial charge < -0.3 is 4.74 Å². The van der Waals surface area contributed by atoms with Crippen LogP contribution in [0.3, 0.4) is 0 Å². The van der Waals surface area contributed by atoms with Crippen LogP contribution in [0, 0.1) is 6.92 Å². The van der Waals surface area contributed by atoms with Gasteiger partial charge in [-0.25, -0.2) is 14.5 Å². The number of carbonyl (C=O) groups is 2. The Morgan fingerprint density at radius 1 is 1.30 bits per heavy atom. The lowest BCUT2D eigenvalue weighted by molar-refractivity contribution is 0.0531. The molecule has 0 aliphatic heterocycles. The highest BCUT2D eigenvalue weighted by molar-refractivity contribution is 7.17. The monoisotopic (exact) mass is 386 g/mol. The molecule has 1 aromatic carbocycles. The molecule has 0 saturated heterocycles. The maximum absolute atomic E-state index is 12.6. The molecule has 0 aliphatic carbocycles. The maximum Gasteiger partial charge on any atom is 0.350 e. The van der Waals surface area contributed by atoms with Crippen LogP contribution in [0.25, 0.3) is 11.4 Å². The van der Waals surface area contributed by atoms with Crippen LogP contribution >= 0.6 is 11.3 Å². The summed E-state index contributed by atoms with van der Waals surface area (Å²) in [6.07, 6.45) is 0. The van der Waals surface area contributed by atoms with Crippen LogP contribution < -0.4 is 5.32 Å². The highest BCUT2D eigenvalue weighted by atomic mass is 32.1. The molecule has 0 fully saturated rings. The second-order valence-corrected chi connectivity index (χ2v) is 6.51. The van der Waals surface area contributed by atoms with E-state index < -0.39 is 5.97 Å². The average Bonchev–Trinajstić information content (AvgIpc) is 3.28. The molecule has 1 amide bonds. The van der Waals surface area contributed by atoms with Crippen molar-refractivity contribution in [3.8, 4) is 11.4 Å². The molecule has 140 valence electrons. The van der Waals surface area contributed by atoms with Crippen LogP contribution in [-0.2, 0) is 11.3 Å². The summed E-state index contributed by atoms with van der Waals surface area (Å²) in [7, 11) is 0. The Morgan fingerprint density at radius 2 is 2.11 bits per heavy atom. The molecule has 2 aromatic heterocycles. The van der Waals surface area contributed by atoms with E-state index in [9.17, 15) is 9.59 Å². The summed E-state index contributed by atoms with van der Waals surface area (Å²) in [6.45, 7) is 6.26. The number of esters is 1. The van der Waals surface area contributed by atoms with Crippen molar-refractivity contribution in [2.45, 2.75) is 27.3 Å². The predicted octanol–water partition coefficient (Wildman–Crippen LogP) is 2.55. The van der Waals surface area contributed by atoms with Gasteiger partial charge in [-0.15, -0.1) is 5.10 Å². The number of carbonyl (C=O) groups excluding carboxylic acids is 2. The molecule has 0 bridgehead atoms. The summed E-state index contributed by atoms with van der Waals surface area (Å²) >= 11 is 1.08. The van der Waals surface area contributed by atoms with Gasteiger partial charge in [-0.2, -0.15) is 0 Å². The van der Waals surface area contributed by atoms with E-state index in [2.05, 4.69) is 25.8 Å². The summed E-state index contributed by atoms with van der Waals surface area (Å²) in [6, 6.07) is 6.99. The molecule has 27 heavy (non-hydrogen) atoms. The number of aryl methyl sites for hydroxylation is 2. The normalized spacial score (nSPS) is 10.6. The first kappa shape index (κ1) is 18.6. The van der Waals surface area contributed by atoms with Gasteiger partial charge in [0.15, 0.2) is 11.0 Å². The zero-order valence-corrected chi connectivity index (χ0v) is 15.9. The minimum absolute atomic E-state index is 0.280. The van der Waals surface area contributed by atoms with Crippen molar-refractivity contribution in [3.05, 3.63) is 40.4 Å². The van der Waals surface area contributed by atoms with Crippen molar-refractivity contribution in [1.29, 1.82) is 0 Å². The van der Waals surface area contributed by atoms with Crippen molar-refractivity contribution in [2.75, 3.05) is 11.9 Å². The smallest absolute Gasteiger partial charge is 0.350 e. The summed E-state index contributed by atoms with van der Waals surface area (Å²) in [4.78, 5) is 29.1. The van der Waals surface area contributed by atoms with Gasteiger partial charge in [-0.05, 0) is 43.3 Å². The van der Waals surface area contributed by atoms with E-state index in [-0.39, 0.29) is 12.5 Å². The fraction of sp³-hybridized carbons (Fsp3) is 0.294. The van der Waals surface area contributed by atoms with Gasteiger partial charge in [0.1, 0.15) is 4.88 Å². The topological polar surface area (TPSA) is 112 Å². The molecular formula is C17H18N6O3S. The number of aromatic nitrogens is 5. The zero-order chi connectivity index (χ0) is 19.4. The number of anilines is 1. The summed E-state index contributed by atoms with van der Waals surface area (Å²) in [5.41, 5.74) is 1.69. The molecule has 2 heterocycles. The number of nitrogens with one attached hydrogen (secondary N) is 1. The van der Waals surface area contributed by atoms with Crippen LogP contribution in [-0.4, -0.2) is 43.7 Å². The number of amides is 1. The Hall–Kier alpha value is -3.14. The van der Waals surface area contributed by atoms with Crippen molar-refractivity contribution in [3.63, 3.8) is 0 Å². The Balaban J connectivity index is 1.80. The third-order valence-corrected chi connectivity index (χ3v) is 4.75. The number of ether oxygens (including phenoxy) is 1. The quantitative estimate of drug-likeness (QED) is 0.648. The zero-order valence-electron chi connectivity index (χ0n) is 15.1. The number of rotatable bonds is 6. The molecule has 1 N–H and O–H groups in total. The van der Waals surface area contributed by atoms with Crippen molar-refractivity contribution in [1.82, 2.24) is 25.2 Å². The lowest BCUT2D eigenvalue weighted by Gasteiger charge is -2.05. The van der Waals surface area contributed by atoms with E-state index in [1.807, 2.05) is 13.0 Å². The van der Waals surface area contributed by atoms with Crippen molar-refractivity contribution < 1.29 is 14.3 Å². The fourth-order valence-electron chi connectivity index (χ4n) is 2.43. The first-order valence-electron chi connectivity index (χ1n) is 8.36. The van der Waals surface area contributed by atoms with Crippen LogP contribution in [0.1, 0.15) is 39.6 Å². The highest BCUT2D eigenvalue weighted by Crippen LogP contribution is 2.24. The van der Waals surface area contributed by atoms with Gasteiger partial charge >= 0.3 is 5.97 Å². The molecule has 0 atom stereocenters. The van der Waals surface area contributed by atoms with E-state index in [1.54, 1.807) is 36.7 Å². The molecule has 0 unspecified atom stereocenters. The Kier molecular flexibility index (Phi) is 5.55. The van der Waals surface area contributed by atoms with Crippen molar-refractivity contribution in [2.24, 2.45) is 0 Å². The Bertz CT molecular complexity index is 981. The SMILES string of the molecule is CCOC(=O)c1sc(NC(=O)c2cccc(-c3nnnn3CC)c2)nc1C. The summed E-state index contributed by atoms with van der Waals surface area (Å²) < 4.78 is 6.63. The number of thiazole rings is 1. The van der Waals surface area contributed by atoms with E-state index >= 15 is 0 Å². The minimum Gasteiger partial charge on any atom is -0.462 e. The van der Waals surface area contributed by atoms with Gasteiger partial charge in [-0.3, -0.25) is 10.1 Å². The minimum atomic E-state index is -0.443. The van der Waals surface area contributed by atoms with Crippen LogP contribution in [0.15, 0.2) is 24.3 Å². The first-order valence-corrected chi connectivity index (χ1v) is 9.17. The predicted molar refractivity (Wildman–Crippen MR) is 99.7 cm³/mol. The number of hydrogen-bond donors (Lipinski definition) is 1. The molecule has 0 aliphatic rings. The second kappa shape index (κ2) is 8.04. The maximum atomic E-state index is 12.6. The van der Waals surface area contributed by atoms with E-state index in [4.69, 9.17) is 4.74 Å². The molecule has 0 saturated carbocycles. The second-order valence-electron chi connectivity index (χ2n) is 5.51. The van der Waals surface area contributed by atoms with Gasteiger partial charge in [0.25, 0.3) is 5.91 Å². The third kappa shape index (κ3) is 4.00. The number of benzene rings is 1. The largest absolute Gasteiger partial charge is 0.462 e. The van der Waals surface area contributed by atoms with Crippen LogP contribution in [0.5, 0.6) is 0 Å². The van der Waals surface area contributed by atoms with Crippen LogP contribution in [0.4, 0.5) is 5.13 Å². The molecular weight excluding hydrogens is 368 g/mol. The lowest BCUT2D eigenvalue weighted by Crippen LogP contribution is -2.12. The third-order valence-electron chi connectivity index (χ3n) is 3.69. The number of tetrazole rings is 1. The van der Waals surface area contributed by atoms with E-state index in [1.165, 1.54) is 0 Å². The summed E-state index contributed by atoms with van der Waals surface area (Å²) in [5.74, 6) is -0.195. The Morgan fingerprint density at radius 3 is 2.85 bits per heavy atom. The standard InChI is InChI=1S/C17H18N6O3S/c1-4-23-14(20-21-22-23)11-7-6-8-12(9-11)15(24)19-17-18-10(3)13(27-17)16(25)26-5-2/h6-9H,4-5H2,1-3H3,(H,18,19,24). The lowest BCUT2D eigenvalue weighted by atomic mass is 10.1. The Labute approximate surface area is 159 Å². The molecule has 10 heteroatoms. The molecule has 3 rings (SSSR count). The number of nitrogens with zero attached hydrogens (tertiary/aromatic N) is 5. The van der Waals surface area contributed by atoms with Gasteiger partial charge in [0.2, 0.25) is 0 Å². The van der Waals surface area contributed by atoms with Crippen molar-refractivity contribution >= 4 is 28.3 Å². The van der Waals surface area contributed by atoms with E-state index in [0.29, 0.717) is 33.6 Å². The van der Waals surface area contributed by atoms with E-state index in [0.717, 1.165) is 16.9 Å². The fourth-order valence-corrected chi connectivity index (χ4v) is 3.28. The summed E-state index contributed by atoms with van der Waals surface area (Å²) in [5, 5.41) is 14.6. The highest BCUT2D eigenvalue weighted by Gasteiger charge is 2.18. The van der Waals surface area contributed by atoms with Gasteiger partial charge in [0, 0.05) is 17.7 Å². The molecule has 3 aromatic rings. The number of hydrogen-bond acceptors (Lipinski definition) is 8. The van der Waals surface area contributed by atoms with Gasteiger partial charge in [-0.1, -0.05) is 23.5 Å². The molecule has 0 spiro atoms. The average molecular weight is 386 g/mol. The molecule has 0 radical (unpaired) electrons.